The van der Waals surface area contributed by atoms with Gasteiger partial charge >= 0.3 is 0 Å². The third-order valence-electron chi connectivity index (χ3n) is 3.07. The number of nitrogens with zero attached hydrogens (tertiary/aromatic N) is 3. The van der Waals surface area contributed by atoms with E-state index in [1.54, 1.807) is 18.3 Å². The number of pyridine rings is 1. The van der Waals surface area contributed by atoms with Crippen molar-refractivity contribution in [1.82, 2.24) is 14.6 Å². The Labute approximate surface area is 98.4 Å². The molecule has 1 aliphatic rings. The van der Waals surface area contributed by atoms with Crippen molar-refractivity contribution in [3.05, 3.63) is 29.7 Å². The second-order valence-corrected chi connectivity index (χ2v) is 4.26. The molecule has 3 heterocycles. The van der Waals surface area contributed by atoms with E-state index in [-0.39, 0.29) is 6.10 Å². The number of carbonyl (C=O) groups excluding carboxylic acids is 1. The second kappa shape index (κ2) is 4.25. The first-order chi connectivity index (χ1) is 8.36. The van der Waals surface area contributed by atoms with Crippen LogP contribution < -0.4 is 0 Å². The van der Waals surface area contributed by atoms with Crippen LogP contribution in [0.4, 0.5) is 0 Å². The highest BCUT2D eigenvalue weighted by Crippen LogP contribution is 2.17. The smallest absolute Gasteiger partial charge is 0.160 e. The molecule has 0 bridgehead atoms. The van der Waals surface area contributed by atoms with Crippen molar-refractivity contribution < 1.29 is 9.53 Å². The van der Waals surface area contributed by atoms with E-state index in [2.05, 4.69) is 10.2 Å². The Bertz CT molecular complexity index is 544. The van der Waals surface area contributed by atoms with Crippen molar-refractivity contribution >= 4 is 11.9 Å². The number of hydrogen-bond acceptors (Lipinski definition) is 4. The summed E-state index contributed by atoms with van der Waals surface area (Å²) in [4.78, 5) is 10.7. The lowest BCUT2D eigenvalue weighted by atomic mass is 10.2. The molecular weight excluding hydrogens is 218 g/mol. The van der Waals surface area contributed by atoms with Gasteiger partial charge in [-0.15, -0.1) is 10.2 Å². The van der Waals surface area contributed by atoms with Crippen molar-refractivity contribution in [3.63, 3.8) is 0 Å². The average Bonchev–Trinajstić information content (AvgIpc) is 2.99. The van der Waals surface area contributed by atoms with Crippen LogP contribution in [0.3, 0.4) is 0 Å². The molecule has 0 saturated carbocycles. The van der Waals surface area contributed by atoms with E-state index in [0.29, 0.717) is 5.56 Å². The largest absolute Gasteiger partial charge is 0.378 e. The third-order valence-corrected chi connectivity index (χ3v) is 3.07. The van der Waals surface area contributed by atoms with Crippen molar-refractivity contribution in [3.8, 4) is 0 Å². The first-order valence-electron chi connectivity index (χ1n) is 5.77. The zero-order valence-corrected chi connectivity index (χ0v) is 9.37. The lowest BCUT2D eigenvalue weighted by Gasteiger charge is -2.07. The molecule has 1 fully saturated rings. The molecule has 1 atom stereocenters. The van der Waals surface area contributed by atoms with E-state index in [4.69, 9.17) is 4.74 Å². The van der Waals surface area contributed by atoms with Gasteiger partial charge in [-0.25, -0.2) is 0 Å². The van der Waals surface area contributed by atoms with Gasteiger partial charge in [-0.3, -0.25) is 9.20 Å². The second-order valence-electron chi connectivity index (χ2n) is 4.26. The predicted molar refractivity (Wildman–Crippen MR) is 61.1 cm³/mol. The number of ether oxygens (including phenoxy) is 1. The summed E-state index contributed by atoms with van der Waals surface area (Å²) in [7, 11) is 0. The first kappa shape index (κ1) is 10.4. The highest BCUT2D eigenvalue weighted by atomic mass is 16.5. The summed E-state index contributed by atoms with van der Waals surface area (Å²) in [6.45, 7) is 0.834. The Morgan fingerprint density at radius 3 is 3.18 bits per heavy atom. The van der Waals surface area contributed by atoms with E-state index >= 15 is 0 Å². The Kier molecular flexibility index (Phi) is 2.60. The normalized spacial score (nSPS) is 19.9. The topological polar surface area (TPSA) is 56.5 Å². The fourth-order valence-corrected chi connectivity index (χ4v) is 2.17. The quantitative estimate of drug-likeness (QED) is 0.746. The van der Waals surface area contributed by atoms with Crippen LogP contribution >= 0.6 is 0 Å². The lowest BCUT2D eigenvalue weighted by molar-refractivity contribution is 0.109. The van der Waals surface area contributed by atoms with Gasteiger partial charge in [0.1, 0.15) is 5.82 Å². The summed E-state index contributed by atoms with van der Waals surface area (Å²) in [5.74, 6) is 0.857. The van der Waals surface area contributed by atoms with Gasteiger partial charge in [0, 0.05) is 24.8 Å². The maximum Gasteiger partial charge on any atom is 0.160 e. The van der Waals surface area contributed by atoms with E-state index in [9.17, 15) is 4.79 Å². The van der Waals surface area contributed by atoms with Gasteiger partial charge in [0.25, 0.3) is 0 Å². The number of aromatic nitrogens is 3. The zero-order chi connectivity index (χ0) is 11.7. The van der Waals surface area contributed by atoms with Gasteiger partial charge in [-0.1, -0.05) is 0 Å². The third kappa shape index (κ3) is 1.93. The van der Waals surface area contributed by atoms with E-state index in [1.165, 1.54) is 0 Å². The first-order valence-corrected chi connectivity index (χ1v) is 5.77. The minimum absolute atomic E-state index is 0.238. The van der Waals surface area contributed by atoms with Gasteiger partial charge in [-0.2, -0.15) is 0 Å². The fraction of sp³-hybridized carbons (Fsp3) is 0.417. The number of hydrogen-bond donors (Lipinski definition) is 0. The molecule has 1 aliphatic heterocycles. The van der Waals surface area contributed by atoms with Gasteiger partial charge in [-0.05, 0) is 25.0 Å². The summed E-state index contributed by atoms with van der Waals surface area (Å²) in [5, 5.41) is 8.23. The summed E-state index contributed by atoms with van der Waals surface area (Å²) < 4.78 is 7.45. The van der Waals surface area contributed by atoms with Crippen LogP contribution in [0.2, 0.25) is 0 Å². The summed E-state index contributed by atoms with van der Waals surface area (Å²) >= 11 is 0. The van der Waals surface area contributed by atoms with Crippen molar-refractivity contribution in [2.24, 2.45) is 0 Å². The number of aldehydes is 1. The highest BCUT2D eigenvalue weighted by Gasteiger charge is 2.18. The molecule has 0 N–H and O–H groups in total. The van der Waals surface area contributed by atoms with E-state index in [1.807, 2.05) is 4.40 Å². The lowest BCUT2D eigenvalue weighted by Crippen LogP contribution is -2.11. The number of carbonyl (C=O) groups is 1. The Balaban J connectivity index is 1.94. The Morgan fingerprint density at radius 2 is 2.41 bits per heavy atom. The summed E-state index contributed by atoms with van der Waals surface area (Å²) in [6.07, 6.45) is 5.77. The van der Waals surface area contributed by atoms with Gasteiger partial charge in [0.2, 0.25) is 0 Å². The van der Waals surface area contributed by atoms with Crippen LogP contribution in [0.1, 0.15) is 29.0 Å². The molecule has 0 aliphatic carbocycles. The molecule has 5 heteroatoms. The zero-order valence-electron chi connectivity index (χ0n) is 9.37. The SMILES string of the molecule is O=Cc1ccc2nnc(CC3CCCO3)n2c1. The molecule has 17 heavy (non-hydrogen) atoms. The molecular formula is C12H13N3O2. The van der Waals surface area contributed by atoms with Crippen LogP contribution in [0.15, 0.2) is 18.3 Å². The molecule has 88 valence electrons. The molecule has 1 unspecified atom stereocenters. The maximum absolute atomic E-state index is 10.7. The van der Waals surface area contributed by atoms with Crippen LogP contribution in [-0.4, -0.2) is 33.6 Å². The maximum atomic E-state index is 10.7. The Hall–Kier alpha value is -1.75. The van der Waals surface area contributed by atoms with E-state index in [0.717, 1.165) is 43.6 Å². The van der Waals surface area contributed by atoms with Gasteiger partial charge in [0.15, 0.2) is 11.9 Å². The summed E-state index contributed by atoms with van der Waals surface area (Å²) in [6, 6.07) is 3.54. The average molecular weight is 231 g/mol. The van der Waals surface area contributed by atoms with Gasteiger partial charge in [0.05, 0.1) is 6.10 Å². The molecule has 0 amide bonds. The summed E-state index contributed by atoms with van der Waals surface area (Å²) in [5.41, 5.74) is 1.40. The van der Waals surface area contributed by atoms with Crippen LogP contribution in [0, 0.1) is 0 Å². The number of fused-ring (bicyclic) bond motifs is 1. The van der Waals surface area contributed by atoms with Crippen molar-refractivity contribution in [1.29, 1.82) is 0 Å². The minimum atomic E-state index is 0.238. The highest BCUT2D eigenvalue weighted by molar-refractivity contribution is 5.74. The van der Waals surface area contributed by atoms with Crippen molar-refractivity contribution in [2.45, 2.75) is 25.4 Å². The van der Waals surface area contributed by atoms with Crippen LogP contribution in [0.25, 0.3) is 5.65 Å². The molecule has 0 aromatic carbocycles. The molecule has 2 aromatic heterocycles. The fourth-order valence-electron chi connectivity index (χ4n) is 2.17. The van der Waals surface area contributed by atoms with Crippen LogP contribution in [-0.2, 0) is 11.2 Å². The molecule has 1 saturated heterocycles. The number of rotatable bonds is 3. The van der Waals surface area contributed by atoms with Crippen LogP contribution in [0.5, 0.6) is 0 Å². The molecule has 2 aromatic rings. The molecule has 5 nitrogen and oxygen atoms in total. The monoisotopic (exact) mass is 231 g/mol. The van der Waals surface area contributed by atoms with E-state index < -0.39 is 0 Å². The van der Waals surface area contributed by atoms with Crippen molar-refractivity contribution in [2.75, 3.05) is 6.61 Å². The molecule has 0 spiro atoms. The van der Waals surface area contributed by atoms with Gasteiger partial charge < -0.3 is 4.74 Å². The molecule has 3 rings (SSSR count). The standard InChI is InChI=1S/C12H13N3O2/c16-8-9-3-4-11-13-14-12(15(11)7-9)6-10-2-1-5-17-10/h3-4,7-8,10H,1-2,5-6H2. The Morgan fingerprint density at radius 1 is 1.47 bits per heavy atom. The minimum Gasteiger partial charge on any atom is -0.378 e. The molecule has 0 radical (unpaired) electrons. The predicted octanol–water partition coefficient (Wildman–Crippen LogP) is 1.26.